The van der Waals surface area contributed by atoms with Gasteiger partial charge in [0.15, 0.2) is 0 Å². The van der Waals surface area contributed by atoms with Crippen LogP contribution in [0.3, 0.4) is 0 Å². The minimum absolute atomic E-state index is 0.709. The van der Waals surface area contributed by atoms with Gasteiger partial charge >= 0.3 is 11.5 Å². The number of benzene rings is 4. The predicted octanol–water partition coefficient (Wildman–Crippen LogP) is 8.17. The third-order valence-electron chi connectivity index (χ3n) is 5.48. The van der Waals surface area contributed by atoms with Gasteiger partial charge in [-0.25, -0.2) is 4.42 Å². The molecule has 154 valence electrons. The normalized spacial score (nSPS) is 10.6. The molecule has 0 bridgehead atoms. The standard InChI is InChI=1S/C30H24NO/c1-5-13-23(14-6-1)22-31-29-27(24-15-7-2-8-16-24)21-28(25-17-9-3-10-18-25)32-30(29)26-19-11-4-12-20-26/h1-21,31H,22H2/q+1. The van der Waals surface area contributed by atoms with E-state index in [4.69, 9.17) is 4.42 Å². The van der Waals surface area contributed by atoms with E-state index in [1.165, 1.54) is 5.56 Å². The first-order valence-electron chi connectivity index (χ1n) is 10.8. The molecule has 0 saturated heterocycles. The fourth-order valence-electron chi connectivity index (χ4n) is 3.86. The van der Waals surface area contributed by atoms with Gasteiger partial charge in [-0.1, -0.05) is 97.1 Å². The van der Waals surface area contributed by atoms with E-state index in [0.717, 1.165) is 39.5 Å². The fourth-order valence-corrected chi connectivity index (χ4v) is 3.86. The van der Waals surface area contributed by atoms with Crippen molar-refractivity contribution in [1.82, 2.24) is 0 Å². The molecule has 0 radical (unpaired) electrons. The molecule has 4 aromatic carbocycles. The lowest BCUT2D eigenvalue weighted by Gasteiger charge is -2.12. The molecule has 5 rings (SSSR count). The zero-order chi connectivity index (χ0) is 21.6. The summed E-state index contributed by atoms with van der Waals surface area (Å²) < 4.78 is 6.57. The Morgan fingerprint density at radius 2 is 1.03 bits per heavy atom. The first kappa shape index (κ1) is 19.8. The molecule has 1 heterocycles. The monoisotopic (exact) mass is 414 g/mol. The van der Waals surface area contributed by atoms with Crippen molar-refractivity contribution in [3.63, 3.8) is 0 Å². The Morgan fingerprint density at radius 3 is 1.62 bits per heavy atom. The van der Waals surface area contributed by atoms with Gasteiger partial charge in [0.1, 0.15) is 5.69 Å². The molecular formula is C30H24NO+. The average Bonchev–Trinajstić information content (AvgIpc) is 2.89. The minimum Gasteiger partial charge on any atom is -0.373 e. The van der Waals surface area contributed by atoms with E-state index in [1.54, 1.807) is 0 Å². The van der Waals surface area contributed by atoms with Gasteiger partial charge in [-0.15, -0.1) is 0 Å². The maximum Gasteiger partial charge on any atom is 0.384 e. The summed E-state index contributed by atoms with van der Waals surface area (Å²) in [5.41, 5.74) is 6.57. The Kier molecular flexibility index (Phi) is 5.76. The molecule has 0 atom stereocenters. The van der Waals surface area contributed by atoms with Gasteiger partial charge in [0.25, 0.3) is 0 Å². The molecule has 0 fully saturated rings. The summed E-state index contributed by atoms with van der Waals surface area (Å²) in [6.45, 7) is 0.709. The Hall–Kier alpha value is -4.17. The van der Waals surface area contributed by atoms with Crippen LogP contribution in [0.15, 0.2) is 132 Å². The lowest BCUT2D eigenvalue weighted by molar-refractivity contribution is 0.583. The van der Waals surface area contributed by atoms with Crippen molar-refractivity contribution < 1.29 is 4.42 Å². The quantitative estimate of drug-likeness (QED) is 0.283. The molecular weight excluding hydrogens is 390 g/mol. The summed E-state index contributed by atoms with van der Waals surface area (Å²) in [6, 6.07) is 43.6. The van der Waals surface area contributed by atoms with Gasteiger partial charge in [0, 0.05) is 12.1 Å². The Morgan fingerprint density at radius 1 is 0.531 bits per heavy atom. The van der Waals surface area contributed by atoms with Crippen LogP contribution in [0.5, 0.6) is 0 Å². The molecule has 0 spiro atoms. The zero-order valence-corrected chi connectivity index (χ0v) is 17.7. The molecule has 0 amide bonds. The molecule has 0 aliphatic rings. The van der Waals surface area contributed by atoms with Crippen molar-refractivity contribution in [2.24, 2.45) is 0 Å². The molecule has 5 aromatic rings. The Balaban J connectivity index is 1.71. The molecule has 1 aromatic heterocycles. The second-order valence-electron chi connectivity index (χ2n) is 7.67. The van der Waals surface area contributed by atoms with Crippen molar-refractivity contribution in [3.05, 3.63) is 133 Å². The average molecular weight is 415 g/mol. The Bertz CT molecular complexity index is 1220. The predicted molar refractivity (Wildman–Crippen MR) is 133 cm³/mol. The highest BCUT2D eigenvalue weighted by molar-refractivity contribution is 5.89. The largest absolute Gasteiger partial charge is 0.384 e. The van der Waals surface area contributed by atoms with Crippen LogP contribution < -0.4 is 5.32 Å². The summed E-state index contributed by atoms with van der Waals surface area (Å²) in [7, 11) is 0. The summed E-state index contributed by atoms with van der Waals surface area (Å²) in [6.07, 6.45) is 0. The Labute approximate surface area is 188 Å². The molecule has 2 nitrogen and oxygen atoms in total. The molecule has 0 aliphatic heterocycles. The summed E-state index contributed by atoms with van der Waals surface area (Å²) in [4.78, 5) is 0. The van der Waals surface area contributed by atoms with Crippen LogP contribution in [0.25, 0.3) is 33.8 Å². The first-order valence-corrected chi connectivity index (χ1v) is 10.8. The summed E-state index contributed by atoms with van der Waals surface area (Å²) in [5.74, 6) is 1.68. The van der Waals surface area contributed by atoms with Gasteiger partial charge in [0.2, 0.25) is 0 Å². The number of rotatable bonds is 6. The van der Waals surface area contributed by atoms with E-state index >= 15 is 0 Å². The molecule has 1 N–H and O–H groups in total. The van der Waals surface area contributed by atoms with Crippen LogP contribution >= 0.6 is 0 Å². The minimum atomic E-state index is 0.709. The molecule has 32 heavy (non-hydrogen) atoms. The van der Waals surface area contributed by atoms with Crippen molar-refractivity contribution in [1.29, 1.82) is 0 Å². The van der Waals surface area contributed by atoms with Crippen molar-refractivity contribution in [2.45, 2.75) is 6.54 Å². The number of nitrogens with one attached hydrogen (secondary N) is 1. The smallest absolute Gasteiger partial charge is 0.373 e. The molecule has 2 heteroatoms. The SMILES string of the molecule is c1ccc(CNc2c(-c3ccccc3)cc(-c3ccccc3)[o+]c2-c2ccccc2)cc1. The fraction of sp³-hybridized carbons (Fsp3) is 0.0333. The summed E-state index contributed by atoms with van der Waals surface area (Å²) >= 11 is 0. The number of hydrogen-bond acceptors (Lipinski definition) is 1. The second kappa shape index (κ2) is 9.32. The second-order valence-corrected chi connectivity index (χ2v) is 7.67. The highest BCUT2D eigenvalue weighted by Gasteiger charge is 2.27. The third-order valence-corrected chi connectivity index (χ3v) is 5.48. The maximum atomic E-state index is 6.57. The zero-order valence-electron chi connectivity index (χ0n) is 17.7. The molecule has 0 unspecified atom stereocenters. The van der Waals surface area contributed by atoms with Crippen LogP contribution in [0.4, 0.5) is 5.69 Å². The molecule has 0 aliphatic carbocycles. The first-order chi connectivity index (χ1) is 15.9. The van der Waals surface area contributed by atoms with E-state index in [0.29, 0.717) is 6.54 Å². The van der Waals surface area contributed by atoms with Crippen LogP contribution in [-0.2, 0) is 6.54 Å². The number of hydrogen-bond donors (Lipinski definition) is 1. The third kappa shape index (κ3) is 4.30. The highest BCUT2D eigenvalue weighted by Crippen LogP contribution is 2.41. The van der Waals surface area contributed by atoms with Gasteiger partial charge in [-0.2, -0.15) is 0 Å². The molecule has 0 saturated carbocycles. The van der Waals surface area contributed by atoms with Crippen molar-refractivity contribution in [2.75, 3.05) is 5.32 Å². The topological polar surface area (TPSA) is 23.3 Å². The van der Waals surface area contributed by atoms with E-state index in [2.05, 4.69) is 84.2 Å². The summed E-state index contributed by atoms with van der Waals surface area (Å²) in [5, 5.41) is 3.68. The van der Waals surface area contributed by atoms with E-state index in [-0.39, 0.29) is 0 Å². The van der Waals surface area contributed by atoms with Crippen LogP contribution in [-0.4, -0.2) is 0 Å². The van der Waals surface area contributed by atoms with Gasteiger partial charge in [0.05, 0.1) is 17.2 Å². The van der Waals surface area contributed by atoms with Crippen LogP contribution in [0.2, 0.25) is 0 Å². The van der Waals surface area contributed by atoms with Crippen molar-refractivity contribution >= 4 is 5.69 Å². The lowest BCUT2D eigenvalue weighted by atomic mass is 9.99. The van der Waals surface area contributed by atoms with Crippen LogP contribution in [0.1, 0.15) is 5.56 Å². The number of anilines is 1. The van der Waals surface area contributed by atoms with E-state index < -0.39 is 0 Å². The van der Waals surface area contributed by atoms with Gasteiger partial charge < -0.3 is 5.32 Å². The van der Waals surface area contributed by atoms with Crippen molar-refractivity contribution in [3.8, 4) is 33.8 Å². The van der Waals surface area contributed by atoms with Crippen LogP contribution in [0, 0.1) is 0 Å². The van der Waals surface area contributed by atoms with E-state index in [9.17, 15) is 0 Å². The van der Waals surface area contributed by atoms with Gasteiger partial charge in [-0.05, 0) is 35.4 Å². The maximum absolute atomic E-state index is 6.57. The lowest BCUT2D eigenvalue weighted by Crippen LogP contribution is -2.03. The van der Waals surface area contributed by atoms with E-state index in [1.807, 2.05) is 48.5 Å². The van der Waals surface area contributed by atoms with Gasteiger partial charge in [-0.3, -0.25) is 0 Å². The highest BCUT2D eigenvalue weighted by atomic mass is 16.3.